The van der Waals surface area contributed by atoms with E-state index >= 15 is 0 Å². The lowest BCUT2D eigenvalue weighted by molar-refractivity contribution is 0.0380. The highest BCUT2D eigenvalue weighted by atomic mass is 32.2. The smallest absolute Gasteiger partial charge is 0.213 e. The van der Waals surface area contributed by atoms with Gasteiger partial charge in [-0.15, -0.1) is 0 Å². The summed E-state index contributed by atoms with van der Waals surface area (Å²) < 4.78 is 29.8. The van der Waals surface area contributed by atoms with Crippen LogP contribution in [0.15, 0.2) is 0 Å². The standard InChI is InChI=1S/C10H21N2O4S/c1-11(4-7-13)17(14,15)10-2-3-12-5-8-16-9-6-12/h2-10H2,1H3. The van der Waals surface area contributed by atoms with Gasteiger partial charge in [-0.3, -0.25) is 4.90 Å². The van der Waals surface area contributed by atoms with Gasteiger partial charge in [0.25, 0.3) is 0 Å². The predicted molar refractivity (Wildman–Crippen MR) is 63.8 cm³/mol. The van der Waals surface area contributed by atoms with Crippen LogP contribution in [0.1, 0.15) is 6.42 Å². The van der Waals surface area contributed by atoms with E-state index in [-0.39, 0.29) is 18.9 Å². The number of morpholine rings is 1. The SMILES string of the molecule is CN(CC[O])S(=O)(=O)CCCN1CCOCC1. The fourth-order valence-electron chi connectivity index (χ4n) is 1.72. The number of ether oxygens (including phenoxy) is 1. The summed E-state index contributed by atoms with van der Waals surface area (Å²) in [6, 6.07) is 0. The molecule has 0 atom stereocenters. The molecule has 0 spiro atoms. The van der Waals surface area contributed by atoms with Crippen LogP contribution in [0, 0.1) is 0 Å². The average molecular weight is 265 g/mol. The summed E-state index contributed by atoms with van der Waals surface area (Å²) >= 11 is 0. The summed E-state index contributed by atoms with van der Waals surface area (Å²) in [4.78, 5) is 2.20. The van der Waals surface area contributed by atoms with Gasteiger partial charge in [-0.1, -0.05) is 0 Å². The van der Waals surface area contributed by atoms with Crippen molar-refractivity contribution in [3.05, 3.63) is 0 Å². The fourth-order valence-corrected chi connectivity index (χ4v) is 2.88. The molecule has 1 saturated heterocycles. The normalized spacial score (nSPS) is 18.8. The molecule has 101 valence electrons. The third kappa shape index (κ3) is 5.31. The van der Waals surface area contributed by atoms with E-state index in [1.54, 1.807) is 0 Å². The molecular formula is C10H21N2O4S. The molecule has 17 heavy (non-hydrogen) atoms. The Balaban J connectivity index is 2.24. The summed E-state index contributed by atoms with van der Waals surface area (Å²) in [6.45, 7) is 3.63. The minimum atomic E-state index is -3.25. The highest BCUT2D eigenvalue weighted by molar-refractivity contribution is 7.89. The zero-order valence-corrected chi connectivity index (χ0v) is 11.1. The van der Waals surface area contributed by atoms with E-state index in [1.165, 1.54) is 7.05 Å². The fraction of sp³-hybridized carbons (Fsp3) is 1.00. The van der Waals surface area contributed by atoms with E-state index in [0.717, 1.165) is 37.2 Å². The van der Waals surface area contributed by atoms with Crippen LogP contribution < -0.4 is 0 Å². The van der Waals surface area contributed by atoms with Gasteiger partial charge in [0.2, 0.25) is 10.0 Å². The second kappa shape index (κ2) is 7.27. The van der Waals surface area contributed by atoms with E-state index < -0.39 is 10.0 Å². The van der Waals surface area contributed by atoms with Gasteiger partial charge in [-0.2, -0.15) is 0 Å². The van der Waals surface area contributed by atoms with Crippen molar-refractivity contribution in [2.75, 3.05) is 58.8 Å². The monoisotopic (exact) mass is 265 g/mol. The van der Waals surface area contributed by atoms with Crippen molar-refractivity contribution >= 4 is 10.0 Å². The highest BCUT2D eigenvalue weighted by Gasteiger charge is 2.18. The Morgan fingerprint density at radius 1 is 1.29 bits per heavy atom. The molecule has 0 aromatic carbocycles. The van der Waals surface area contributed by atoms with Crippen LogP contribution in [0.4, 0.5) is 0 Å². The summed E-state index contributed by atoms with van der Waals surface area (Å²) in [6.07, 6.45) is 0.603. The molecule has 7 heteroatoms. The molecule has 1 aliphatic rings. The van der Waals surface area contributed by atoms with Crippen LogP contribution in [0.2, 0.25) is 0 Å². The highest BCUT2D eigenvalue weighted by Crippen LogP contribution is 2.03. The van der Waals surface area contributed by atoms with Crippen LogP contribution >= 0.6 is 0 Å². The summed E-state index contributed by atoms with van der Waals surface area (Å²) in [5.41, 5.74) is 0. The Kier molecular flexibility index (Phi) is 6.35. The number of hydrogen-bond donors (Lipinski definition) is 0. The maximum atomic E-state index is 11.7. The lowest BCUT2D eigenvalue weighted by atomic mass is 10.4. The minimum absolute atomic E-state index is 0.0554. The van der Waals surface area contributed by atoms with Crippen molar-refractivity contribution in [3.8, 4) is 0 Å². The zero-order chi connectivity index (χ0) is 12.7. The van der Waals surface area contributed by atoms with Crippen LogP contribution in [-0.2, 0) is 19.9 Å². The number of likely N-dealkylation sites (N-methyl/N-ethyl adjacent to an activating group) is 1. The van der Waals surface area contributed by atoms with Gasteiger partial charge in [-0.05, 0) is 13.0 Å². The third-order valence-electron chi connectivity index (χ3n) is 2.86. The largest absolute Gasteiger partial charge is 0.379 e. The number of hydrogen-bond acceptors (Lipinski definition) is 4. The Bertz CT molecular complexity index is 301. The van der Waals surface area contributed by atoms with Crippen molar-refractivity contribution in [1.82, 2.24) is 9.21 Å². The summed E-state index contributed by atoms with van der Waals surface area (Å²) in [5, 5.41) is 10.4. The van der Waals surface area contributed by atoms with Gasteiger partial charge < -0.3 is 4.74 Å². The van der Waals surface area contributed by atoms with Gasteiger partial charge in [-0.25, -0.2) is 17.8 Å². The first-order chi connectivity index (χ1) is 8.06. The first kappa shape index (κ1) is 14.8. The van der Waals surface area contributed by atoms with E-state index in [4.69, 9.17) is 4.74 Å². The van der Waals surface area contributed by atoms with Gasteiger partial charge in [0, 0.05) is 26.7 Å². The van der Waals surface area contributed by atoms with Crippen molar-refractivity contribution in [2.45, 2.75) is 6.42 Å². The van der Waals surface area contributed by atoms with Crippen molar-refractivity contribution < 1.29 is 18.3 Å². The Morgan fingerprint density at radius 3 is 2.53 bits per heavy atom. The topological polar surface area (TPSA) is 69.8 Å². The first-order valence-electron chi connectivity index (χ1n) is 5.88. The second-order valence-electron chi connectivity index (χ2n) is 4.15. The van der Waals surface area contributed by atoms with Gasteiger partial charge in [0.05, 0.1) is 25.6 Å². The lowest BCUT2D eigenvalue weighted by Gasteiger charge is -2.26. The molecular weight excluding hydrogens is 244 g/mol. The lowest BCUT2D eigenvalue weighted by Crippen LogP contribution is -2.38. The maximum Gasteiger partial charge on any atom is 0.213 e. The molecule has 0 aliphatic carbocycles. The Hall–Kier alpha value is -0.210. The van der Waals surface area contributed by atoms with Crippen LogP contribution in [-0.4, -0.2) is 76.4 Å². The van der Waals surface area contributed by atoms with E-state index in [1.807, 2.05) is 0 Å². The molecule has 1 heterocycles. The predicted octanol–water partition coefficient (Wildman–Crippen LogP) is -0.599. The third-order valence-corrected chi connectivity index (χ3v) is 4.80. The molecule has 0 aromatic heterocycles. The van der Waals surface area contributed by atoms with Crippen molar-refractivity contribution in [2.24, 2.45) is 0 Å². The minimum Gasteiger partial charge on any atom is -0.379 e. The molecule has 0 N–H and O–H groups in total. The van der Waals surface area contributed by atoms with Gasteiger partial charge in [0.1, 0.15) is 0 Å². The summed E-state index contributed by atoms with van der Waals surface area (Å²) in [7, 11) is -1.79. The van der Waals surface area contributed by atoms with Crippen LogP contribution in [0.3, 0.4) is 0 Å². The molecule has 6 nitrogen and oxygen atoms in total. The molecule has 1 radical (unpaired) electrons. The molecule has 1 rings (SSSR count). The van der Waals surface area contributed by atoms with E-state index in [0.29, 0.717) is 6.42 Å². The van der Waals surface area contributed by atoms with Gasteiger partial charge >= 0.3 is 0 Å². The maximum absolute atomic E-state index is 11.7. The molecule has 0 amide bonds. The van der Waals surface area contributed by atoms with Crippen molar-refractivity contribution in [1.29, 1.82) is 0 Å². The molecule has 0 aromatic rings. The molecule has 1 fully saturated rings. The second-order valence-corrected chi connectivity index (χ2v) is 6.34. The quantitative estimate of drug-likeness (QED) is 0.616. The van der Waals surface area contributed by atoms with Crippen molar-refractivity contribution in [3.63, 3.8) is 0 Å². The number of sulfonamides is 1. The molecule has 0 bridgehead atoms. The summed E-state index contributed by atoms with van der Waals surface area (Å²) in [5.74, 6) is 0.112. The Morgan fingerprint density at radius 2 is 1.94 bits per heavy atom. The van der Waals surface area contributed by atoms with E-state index in [2.05, 4.69) is 4.90 Å². The van der Waals surface area contributed by atoms with E-state index in [9.17, 15) is 13.5 Å². The molecule has 0 unspecified atom stereocenters. The molecule has 1 aliphatic heterocycles. The van der Waals surface area contributed by atoms with Gasteiger partial charge in [0.15, 0.2) is 0 Å². The first-order valence-corrected chi connectivity index (χ1v) is 7.49. The Labute approximate surface area is 103 Å². The number of nitrogens with zero attached hydrogens (tertiary/aromatic N) is 2. The van der Waals surface area contributed by atoms with Crippen LogP contribution in [0.25, 0.3) is 0 Å². The van der Waals surface area contributed by atoms with Crippen LogP contribution in [0.5, 0.6) is 0 Å². The number of rotatable bonds is 7. The average Bonchev–Trinajstić information content (AvgIpc) is 2.30. The zero-order valence-electron chi connectivity index (χ0n) is 10.3. The molecule has 0 saturated carbocycles.